The van der Waals surface area contributed by atoms with Crippen LogP contribution in [0.4, 0.5) is 5.82 Å². The minimum atomic E-state index is 0.711. The van der Waals surface area contributed by atoms with Gasteiger partial charge < -0.3 is 15.0 Å². The molecule has 0 bridgehead atoms. The van der Waals surface area contributed by atoms with Crippen molar-refractivity contribution in [2.24, 2.45) is 0 Å². The number of rotatable bonds is 3. The van der Waals surface area contributed by atoms with E-state index in [1.54, 1.807) is 7.11 Å². The number of piperazine rings is 1. The summed E-state index contributed by atoms with van der Waals surface area (Å²) in [5.74, 6) is 1.85. The molecule has 128 valence electrons. The van der Waals surface area contributed by atoms with Crippen molar-refractivity contribution in [1.29, 1.82) is 0 Å². The van der Waals surface area contributed by atoms with Crippen LogP contribution < -0.4 is 15.0 Å². The molecule has 1 aromatic carbocycles. The summed E-state index contributed by atoms with van der Waals surface area (Å²) < 4.78 is 5.28. The molecule has 1 atom stereocenters. The van der Waals surface area contributed by atoms with Gasteiger partial charge in [-0.2, -0.15) is 0 Å². The summed E-state index contributed by atoms with van der Waals surface area (Å²) in [7, 11) is 1.68. The molecule has 1 unspecified atom stereocenters. The molecule has 2 aliphatic heterocycles. The molecule has 0 spiro atoms. The van der Waals surface area contributed by atoms with Crippen molar-refractivity contribution in [3.05, 3.63) is 23.9 Å². The molecule has 6 nitrogen and oxygen atoms in total. The molecule has 2 aliphatic rings. The highest BCUT2D eigenvalue weighted by atomic mass is 16.5. The quantitative estimate of drug-likeness (QED) is 0.920. The van der Waals surface area contributed by atoms with Crippen molar-refractivity contribution < 1.29 is 4.74 Å². The van der Waals surface area contributed by atoms with Crippen LogP contribution in [-0.2, 0) is 0 Å². The molecule has 1 aromatic heterocycles. The van der Waals surface area contributed by atoms with E-state index in [-0.39, 0.29) is 0 Å². The third kappa shape index (κ3) is 2.91. The summed E-state index contributed by atoms with van der Waals surface area (Å²) >= 11 is 0. The van der Waals surface area contributed by atoms with Gasteiger partial charge in [0.05, 0.1) is 23.8 Å². The summed E-state index contributed by atoms with van der Waals surface area (Å²) in [5, 5.41) is 3.46. The van der Waals surface area contributed by atoms with Gasteiger partial charge in [-0.1, -0.05) is 0 Å². The van der Waals surface area contributed by atoms with Crippen LogP contribution in [0.2, 0.25) is 0 Å². The van der Waals surface area contributed by atoms with E-state index in [0.717, 1.165) is 67.6 Å². The predicted molar refractivity (Wildman–Crippen MR) is 95.9 cm³/mol. The minimum Gasteiger partial charge on any atom is -0.497 e. The Morgan fingerprint density at radius 3 is 2.67 bits per heavy atom. The predicted octanol–water partition coefficient (Wildman–Crippen LogP) is 1.43. The zero-order valence-corrected chi connectivity index (χ0v) is 14.5. The smallest absolute Gasteiger partial charge is 0.150 e. The number of methoxy groups -OCH3 is 1. The first-order valence-electron chi connectivity index (χ1n) is 8.77. The SMILES string of the molecule is COc1ccc2nc(N3CCN(C4CCNC4)CC3)c(C)nc2c1. The summed E-state index contributed by atoms with van der Waals surface area (Å²) in [5.41, 5.74) is 2.82. The largest absolute Gasteiger partial charge is 0.497 e. The fraction of sp³-hybridized carbons (Fsp3) is 0.556. The van der Waals surface area contributed by atoms with Crippen LogP contribution >= 0.6 is 0 Å². The standard InChI is InChI=1S/C18H25N5O/c1-13-18(21-16-4-3-15(24-2)11-17(16)20-13)23-9-7-22(8-10-23)14-5-6-19-12-14/h3-4,11,14,19H,5-10,12H2,1-2H3. The van der Waals surface area contributed by atoms with Crippen LogP contribution in [0.15, 0.2) is 18.2 Å². The first-order valence-corrected chi connectivity index (χ1v) is 8.77. The number of fused-ring (bicyclic) bond motifs is 1. The number of hydrogen-bond donors (Lipinski definition) is 1. The lowest BCUT2D eigenvalue weighted by atomic mass is 10.2. The third-order valence-corrected chi connectivity index (χ3v) is 5.19. The van der Waals surface area contributed by atoms with Crippen LogP contribution in [0.5, 0.6) is 5.75 Å². The summed E-state index contributed by atoms with van der Waals surface area (Å²) in [6.45, 7) is 8.60. The minimum absolute atomic E-state index is 0.711. The first-order chi connectivity index (χ1) is 11.7. The number of nitrogens with zero attached hydrogens (tertiary/aromatic N) is 4. The monoisotopic (exact) mass is 327 g/mol. The number of ether oxygens (including phenoxy) is 1. The van der Waals surface area contributed by atoms with Gasteiger partial charge in [0.15, 0.2) is 5.82 Å². The maximum atomic E-state index is 5.28. The number of hydrogen-bond acceptors (Lipinski definition) is 6. The highest BCUT2D eigenvalue weighted by Gasteiger charge is 2.27. The van der Waals surface area contributed by atoms with E-state index in [0.29, 0.717) is 6.04 Å². The Hall–Kier alpha value is -1.92. The van der Waals surface area contributed by atoms with Gasteiger partial charge in [-0.3, -0.25) is 4.90 Å². The third-order valence-electron chi connectivity index (χ3n) is 5.19. The molecule has 2 saturated heterocycles. The van der Waals surface area contributed by atoms with Gasteiger partial charge in [0.25, 0.3) is 0 Å². The molecule has 1 N–H and O–H groups in total. The Bertz CT molecular complexity index is 721. The zero-order chi connectivity index (χ0) is 16.5. The van der Waals surface area contributed by atoms with Gasteiger partial charge in [0, 0.05) is 44.8 Å². The Kier molecular flexibility index (Phi) is 4.24. The van der Waals surface area contributed by atoms with Gasteiger partial charge in [0.1, 0.15) is 5.75 Å². The lowest BCUT2D eigenvalue weighted by molar-refractivity contribution is 0.196. The van der Waals surface area contributed by atoms with Gasteiger partial charge >= 0.3 is 0 Å². The molecule has 2 fully saturated rings. The Balaban J connectivity index is 1.52. The molecule has 0 aliphatic carbocycles. The molecule has 4 rings (SSSR count). The summed E-state index contributed by atoms with van der Waals surface area (Å²) in [6, 6.07) is 6.60. The summed E-state index contributed by atoms with van der Waals surface area (Å²) in [4.78, 5) is 14.6. The molecule has 2 aromatic rings. The Morgan fingerprint density at radius 2 is 1.96 bits per heavy atom. The van der Waals surface area contributed by atoms with E-state index in [2.05, 4.69) is 22.0 Å². The van der Waals surface area contributed by atoms with Gasteiger partial charge in [-0.15, -0.1) is 0 Å². The molecule has 24 heavy (non-hydrogen) atoms. The number of benzene rings is 1. The Morgan fingerprint density at radius 1 is 1.12 bits per heavy atom. The van der Waals surface area contributed by atoms with Crippen molar-refractivity contribution in [3.63, 3.8) is 0 Å². The first kappa shape index (κ1) is 15.6. The molecule has 0 radical (unpaired) electrons. The van der Waals surface area contributed by atoms with Crippen molar-refractivity contribution in [3.8, 4) is 5.75 Å². The highest BCUT2D eigenvalue weighted by Crippen LogP contribution is 2.24. The lowest BCUT2D eigenvalue weighted by Crippen LogP contribution is -2.51. The second-order valence-electron chi connectivity index (χ2n) is 6.66. The van der Waals surface area contributed by atoms with E-state index < -0.39 is 0 Å². The van der Waals surface area contributed by atoms with E-state index in [9.17, 15) is 0 Å². The lowest BCUT2D eigenvalue weighted by Gasteiger charge is -2.38. The number of anilines is 1. The fourth-order valence-electron chi connectivity index (χ4n) is 3.79. The van der Waals surface area contributed by atoms with E-state index in [1.807, 2.05) is 18.2 Å². The number of nitrogens with one attached hydrogen (secondary N) is 1. The van der Waals surface area contributed by atoms with E-state index in [4.69, 9.17) is 14.7 Å². The number of aromatic nitrogens is 2. The van der Waals surface area contributed by atoms with E-state index in [1.165, 1.54) is 6.42 Å². The van der Waals surface area contributed by atoms with Gasteiger partial charge in [0.2, 0.25) is 0 Å². The van der Waals surface area contributed by atoms with Crippen molar-refractivity contribution in [1.82, 2.24) is 20.2 Å². The maximum absolute atomic E-state index is 5.28. The molecule has 6 heteroatoms. The van der Waals surface area contributed by atoms with Crippen LogP contribution in [-0.4, -0.2) is 67.3 Å². The molecule has 0 amide bonds. The van der Waals surface area contributed by atoms with Crippen LogP contribution in [0.25, 0.3) is 11.0 Å². The van der Waals surface area contributed by atoms with Crippen LogP contribution in [0.3, 0.4) is 0 Å². The average molecular weight is 327 g/mol. The maximum Gasteiger partial charge on any atom is 0.150 e. The normalized spacial score (nSPS) is 22.2. The fourth-order valence-corrected chi connectivity index (χ4v) is 3.79. The van der Waals surface area contributed by atoms with Gasteiger partial charge in [-0.05, 0) is 32.0 Å². The van der Waals surface area contributed by atoms with Crippen LogP contribution in [0, 0.1) is 6.92 Å². The van der Waals surface area contributed by atoms with E-state index >= 15 is 0 Å². The molecular weight excluding hydrogens is 302 g/mol. The van der Waals surface area contributed by atoms with Gasteiger partial charge in [-0.25, -0.2) is 9.97 Å². The molecular formula is C18H25N5O. The topological polar surface area (TPSA) is 53.5 Å². The molecule has 3 heterocycles. The second kappa shape index (κ2) is 6.53. The highest BCUT2D eigenvalue weighted by molar-refractivity contribution is 5.78. The van der Waals surface area contributed by atoms with Crippen molar-refractivity contribution in [2.75, 3.05) is 51.3 Å². The zero-order valence-electron chi connectivity index (χ0n) is 14.5. The Labute approximate surface area is 142 Å². The number of aryl methyl sites for hydroxylation is 1. The van der Waals surface area contributed by atoms with Crippen molar-refractivity contribution >= 4 is 16.9 Å². The average Bonchev–Trinajstić information content (AvgIpc) is 3.15. The van der Waals surface area contributed by atoms with Crippen molar-refractivity contribution in [2.45, 2.75) is 19.4 Å². The summed E-state index contributed by atoms with van der Waals surface area (Å²) in [6.07, 6.45) is 1.27. The van der Waals surface area contributed by atoms with Crippen LogP contribution in [0.1, 0.15) is 12.1 Å². The molecule has 0 saturated carbocycles. The second-order valence-corrected chi connectivity index (χ2v) is 6.66.